The van der Waals surface area contributed by atoms with Gasteiger partial charge in [0.2, 0.25) is 0 Å². The molecule has 0 aromatic heterocycles. The SMILES string of the molecule is O=C(CCN1CCC(c2ccc(F)cc2)C1)c1ccc2cc3c(cc2c1)OCCS3. The molecule has 1 saturated heterocycles. The molecule has 0 bridgehead atoms. The molecule has 1 atom stereocenters. The Morgan fingerprint density at radius 3 is 2.83 bits per heavy atom. The average molecular weight is 422 g/mol. The lowest BCUT2D eigenvalue weighted by atomic mass is 9.98. The molecule has 5 heteroatoms. The number of Topliss-reactive ketones (excluding diaryl/α,β-unsaturated/α-hetero) is 1. The smallest absolute Gasteiger partial charge is 0.164 e. The molecule has 0 spiro atoms. The van der Waals surface area contributed by atoms with E-state index in [-0.39, 0.29) is 11.6 Å². The van der Waals surface area contributed by atoms with Crippen LogP contribution in [0.3, 0.4) is 0 Å². The number of likely N-dealkylation sites (tertiary alicyclic amines) is 1. The Morgan fingerprint density at radius 2 is 1.97 bits per heavy atom. The summed E-state index contributed by atoms with van der Waals surface area (Å²) in [6.07, 6.45) is 1.57. The van der Waals surface area contributed by atoms with Crippen molar-refractivity contribution in [1.82, 2.24) is 4.90 Å². The fourth-order valence-corrected chi connectivity index (χ4v) is 5.26. The van der Waals surface area contributed by atoms with Gasteiger partial charge in [-0.3, -0.25) is 4.79 Å². The normalized spacial score (nSPS) is 18.9. The van der Waals surface area contributed by atoms with Gasteiger partial charge in [0.1, 0.15) is 11.6 Å². The maximum atomic E-state index is 13.1. The van der Waals surface area contributed by atoms with E-state index >= 15 is 0 Å². The van der Waals surface area contributed by atoms with Gasteiger partial charge in [-0.25, -0.2) is 4.39 Å². The largest absolute Gasteiger partial charge is 0.492 e. The van der Waals surface area contributed by atoms with E-state index < -0.39 is 0 Å². The Labute approximate surface area is 180 Å². The molecule has 0 N–H and O–H groups in total. The van der Waals surface area contributed by atoms with Gasteiger partial charge >= 0.3 is 0 Å². The molecule has 30 heavy (non-hydrogen) atoms. The Bertz CT molecular complexity index is 1080. The van der Waals surface area contributed by atoms with E-state index in [1.165, 1.54) is 22.6 Å². The van der Waals surface area contributed by atoms with E-state index in [0.717, 1.165) is 60.5 Å². The molecule has 2 aliphatic heterocycles. The molecule has 0 saturated carbocycles. The van der Waals surface area contributed by atoms with Gasteiger partial charge in [-0.15, -0.1) is 11.8 Å². The van der Waals surface area contributed by atoms with E-state index in [1.54, 1.807) is 0 Å². The first kappa shape index (κ1) is 19.6. The van der Waals surface area contributed by atoms with Gasteiger partial charge < -0.3 is 9.64 Å². The lowest BCUT2D eigenvalue weighted by Gasteiger charge is -2.18. The summed E-state index contributed by atoms with van der Waals surface area (Å²) >= 11 is 1.82. The van der Waals surface area contributed by atoms with Crippen LogP contribution in [0.2, 0.25) is 0 Å². The van der Waals surface area contributed by atoms with Crippen molar-refractivity contribution >= 4 is 28.3 Å². The van der Waals surface area contributed by atoms with Crippen molar-refractivity contribution in [2.24, 2.45) is 0 Å². The van der Waals surface area contributed by atoms with E-state index in [1.807, 2.05) is 42.1 Å². The first-order chi connectivity index (χ1) is 14.7. The number of rotatable bonds is 5. The lowest BCUT2D eigenvalue weighted by Crippen LogP contribution is -2.23. The number of halogens is 1. The van der Waals surface area contributed by atoms with Gasteiger partial charge in [-0.1, -0.05) is 24.3 Å². The number of thioether (sulfide) groups is 1. The number of nitrogens with zero attached hydrogens (tertiary/aromatic N) is 1. The number of hydrogen-bond donors (Lipinski definition) is 0. The first-order valence-corrected chi connectivity index (χ1v) is 11.5. The van der Waals surface area contributed by atoms with Crippen LogP contribution in [0.5, 0.6) is 5.75 Å². The molecule has 2 aliphatic rings. The Balaban J connectivity index is 1.22. The summed E-state index contributed by atoms with van der Waals surface area (Å²) < 4.78 is 18.9. The van der Waals surface area contributed by atoms with Crippen LogP contribution in [-0.4, -0.2) is 42.7 Å². The van der Waals surface area contributed by atoms with Crippen LogP contribution >= 0.6 is 11.8 Å². The minimum absolute atomic E-state index is 0.176. The highest BCUT2D eigenvalue weighted by Crippen LogP contribution is 2.37. The van der Waals surface area contributed by atoms with Crippen LogP contribution in [0.15, 0.2) is 59.5 Å². The Kier molecular flexibility index (Phi) is 5.48. The van der Waals surface area contributed by atoms with Crippen molar-refractivity contribution in [3.05, 3.63) is 71.5 Å². The molecule has 2 heterocycles. The maximum absolute atomic E-state index is 13.1. The Morgan fingerprint density at radius 1 is 1.10 bits per heavy atom. The van der Waals surface area contributed by atoms with E-state index in [4.69, 9.17) is 4.74 Å². The molecule has 154 valence electrons. The van der Waals surface area contributed by atoms with Crippen molar-refractivity contribution in [1.29, 1.82) is 0 Å². The van der Waals surface area contributed by atoms with Crippen LogP contribution in [0.4, 0.5) is 4.39 Å². The van der Waals surface area contributed by atoms with Gasteiger partial charge in [0.25, 0.3) is 0 Å². The average Bonchev–Trinajstić information content (AvgIpc) is 3.25. The van der Waals surface area contributed by atoms with Crippen molar-refractivity contribution in [2.45, 2.75) is 23.7 Å². The van der Waals surface area contributed by atoms with Crippen molar-refractivity contribution < 1.29 is 13.9 Å². The zero-order valence-electron chi connectivity index (χ0n) is 16.8. The fourth-order valence-electron chi connectivity index (χ4n) is 4.40. The monoisotopic (exact) mass is 421 g/mol. The molecule has 3 aromatic rings. The molecule has 3 aromatic carbocycles. The number of hydrogen-bond acceptors (Lipinski definition) is 4. The van der Waals surface area contributed by atoms with Crippen molar-refractivity contribution in [2.75, 3.05) is 32.0 Å². The molecule has 3 nitrogen and oxygen atoms in total. The van der Waals surface area contributed by atoms with Gasteiger partial charge in [-0.2, -0.15) is 0 Å². The highest BCUT2D eigenvalue weighted by atomic mass is 32.2. The second-order valence-corrected chi connectivity index (χ2v) is 9.21. The summed E-state index contributed by atoms with van der Waals surface area (Å²) in [5.41, 5.74) is 1.95. The lowest BCUT2D eigenvalue weighted by molar-refractivity contribution is 0.0969. The van der Waals surface area contributed by atoms with Crippen molar-refractivity contribution in [3.8, 4) is 5.75 Å². The predicted octanol–water partition coefficient (Wildman–Crippen LogP) is 5.53. The molecule has 5 rings (SSSR count). The second-order valence-electron chi connectivity index (χ2n) is 8.07. The number of carbonyl (C=O) groups is 1. The predicted molar refractivity (Wildman–Crippen MR) is 119 cm³/mol. The van der Waals surface area contributed by atoms with Gasteiger partial charge in [0, 0.05) is 30.8 Å². The van der Waals surface area contributed by atoms with Gasteiger partial charge in [-0.05, 0) is 65.6 Å². The van der Waals surface area contributed by atoms with E-state index in [0.29, 0.717) is 12.3 Å². The van der Waals surface area contributed by atoms with Crippen LogP contribution in [0.1, 0.15) is 34.7 Å². The molecule has 0 aliphatic carbocycles. The topological polar surface area (TPSA) is 29.5 Å². The first-order valence-electron chi connectivity index (χ1n) is 10.5. The fraction of sp³-hybridized carbons (Fsp3) is 0.320. The summed E-state index contributed by atoms with van der Waals surface area (Å²) in [4.78, 5) is 16.3. The summed E-state index contributed by atoms with van der Waals surface area (Å²) in [5, 5.41) is 2.20. The van der Waals surface area contributed by atoms with E-state index in [2.05, 4.69) is 17.0 Å². The zero-order chi connectivity index (χ0) is 20.5. The molecular weight excluding hydrogens is 397 g/mol. The number of ether oxygens (including phenoxy) is 1. The summed E-state index contributed by atoms with van der Waals surface area (Å²) in [6, 6.07) is 17.0. The molecule has 1 fully saturated rings. The number of benzene rings is 3. The third-order valence-corrected chi connectivity index (χ3v) is 7.09. The summed E-state index contributed by atoms with van der Waals surface area (Å²) in [5.74, 6) is 2.31. The highest BCUT2D eigenvalue weighted by molar-refractivity contribution is 7.99. The van der Waals surface area contributed by atoms with Crippen LogP contribution in [0.25, 0.3) is 10.8 Å². The van der Waals surface area contributed by atoms with Crippen molar-refractivity contribution in [3.63, 3.8) is 0 Å². The number of carbonyl (C=O) groups excluding carboxylic acids is 1. The highest BCUT2D eigenvalue weighted by Gasteiger charge is 2.24. The zero-order valence-corrected chi connectivity index (χ0v) is 17.6. The number of ketones is 1. The molecule has 1 unspecified atom stereocenters. The standard InChI is InChI=1S/C25H24FNO2S/c26-22-5-3-17(4-6-22)20-7-9-27(16-20)10-8-23(28)19-2-1-18-15-25-24(14-21(18)13-19)29-11-12-30-25/h1-6,13-15,20H,7-12,16H2. The van der Waals surface area contributed by atoms with Crippen LogP contribution in [0, 0.1) is 5.82 Å². The van der Waals surface area contributed by atoms with Crippen LogP contribution < -0.4 is 4.74 Å². The summed E-state index contributed by atoms with van der Waals surface area (Å²) in [7, 11) is 0. The quantitative estimate of drug-likeness (QED) is 0.507. The third-order valence-electron chi connectivity index (χ3n) is 6.09. The van der Waals surface area contributed by atoms with Crippen LogP contribution in [-0.2, 0) is 0 Å². The number of fused-ring (bicyclic) bond motifs is 2. The van der Waals surface area contributed by atoms with E-state index in [9.17, 15) is 9.18 Å². The molecular formula is C25H24FNO2S. The second kappa shape index (κ2) is 8.40. The molecule has 0 amide bonds. The Hall–Kier alpha value is -2.37. The third kappa shape index (κ3) is 4.09. The minimum atomic E-state index is -0.194. The minimum Gasteiger partial charge on any atom is -0.492 e. The van der Waals surface area contributed by atoms with Gasteiger partial charge in [0.05, 0.1) is 11.5 Å². The summed E-state index contributed by atoms with van der Waals surface area (Å²) in [6.45, 7) is 3.40. The maximum Gasteiger partial charge on any atom is 0.164 e. The van der Waals surface area contributed by atoms with Gasteiger partial charge in [0.15, 0.2) is 5.78 Å². The molecule has 0 radical (unpaired) electrons.